The maximum atomic E-state index is 2.58. The van der Waals surface area contributed by atoms with E-state index in [0.29, 0.717) is 0 Å². The van der Waals surface area contributed by atoms with E-state index >= 15 is 0 Å². The quantitative estimate of drug-likeness (QED) is 0.0951. The molecule has 0 N–H and O–H groups in total. The zero-order valence-electron chi connectivity index (χ0n) is 41.1. The van der Waals surface area contributed by atoms with Crippen LogP contribution in [0.2, 0.25) is 0 Å². The second-order valence-corrected chi connectivity index (χ2v) is 24.4. The van der Waals surface area contributed by atoms with Crippen LogP contribution in [-0.2, 0) is 0 Å². The molecule has 0 bridgehead atoms. The number of fused-ring (bicyclic) bond motifs is 6. The number of hydrogen-bond donors (Lipinski definition) is 0. The molecule has 2 heterocycles. The van der Waals surface area contributed by atoms with E-state index in [1.54, 1.807) is 0 Å². The first-order valence-electron chi connectivity index (χ1n) is 25.8. The van der Waals surface area contributed by atoms with Gasteiger partial charge >= 0.3 is 0 Å². The second-order valence-electron chi connectivity index (χ2n) is 19.5. The fraction of sp³-hybridized carbons (Fsp3) is 0. The van der Waals surface area contributed by atoms with Crippen molar-refractivity contribution < 1.29 is 0 Å². The zero-order valence-corrected chi connectivity index (χ0v) is 43.0. The predicted molar refractivity (Wildman–Crippen MR) is 324 cm³/mol. The Morgan fingerprint density at radius 3 is 1.31 bits per heavy atom. The Morgan fingerprint density at radius 1 is 0.253 bits per heavy atom. The van der Waals surface area contributed by atoms with E-state index in [2.05, 4.69) is 302 Å². The number of aromatic nitrogens is 1. The van der Waals surface area contributed by atoms with E-state index in [0.717, 1.165) is 16.8 Å². The van der Waals surface area contributed by atoms with Crippen molar-refractivity contribution in [3.8, 4) is 61.3 Å². The molecule has 0 spiro atoms. The molecule has 2 aromatic heterocycles. The molecule has 75 heavy (non-hydrogen) atoms. The Balaban J connectivity index is 1.11. The van der Waals surface area contributed by atoms with Crippen LogP contribution in [0.1, 0.15) is 0 Å². The van der Waals surface area contributed by atoms with Gasteiger partial charge in [-0.25, -0.2) is 0 Å². The van der Waals surface area contributed by atoms with Gasteiger partial charge in [0, 0.05) is 42.1 Å². The number of para-hydroxylation sites is 1. The number of nitrogens with zero attached hydrogens (tertiary/aromatic N) is 1. The topological polar surface area (TPSA) is 4.93 Å². The predicted octanol–water partition coefficient (Wildman–Crippen LogP) is 16.9. The molecule has 0 atom stereocenters. The summed E-state index contributed by atoms with van der Waals surface area (Å²) in [5.41, 5.74) is 15.5. The molecule has 1 nitrogen and oxygen atoms in total. The van der Waals surface area contributed by atoms with Crippen LogP contribution in [0.25, 0.3) is 103 Å². The summed E-state index contributed by atoms with van der Waals surface area (Å²) < 4.78 is 5.20. The van der Waals surface area contributed by atoms with E-state index in [-0.39, 0.29) is 0 Å². The number of benzene rings is 12. The summed E-state index contributed by atoms with van der Waals surface area (Å²) in [6, 6.07) is 111. The van der Waals surface area contributed by atoms with Crippen LogP contribution >= 0.6 is 11.3 Å². The van der Waals surface area contributed by atoms with Gasteiger partial charge in [0.25, 0.3) is 0 Å². The Labute approximate surface area is 442 Å². The normalized spacial score (nSPS) is 11.7. The minimum Gasteiger partial charge on any atom is -0.308 e. The van der Waals surface area contributed by atoms with Crippen LogP contribution in [0.5, 0.6) is 0 Å². The summed E-state index contributed by atoms with van der Waals surface area (Å²) in [6.07, 6.45) is 0. The van der Waals surface area contributed by atoms with Crippen LogP contribution in [0, 0.1) is 0 Å². The lowest BCUT2D eigenvalue weighted by atomic mass is 9.95. The fourth-order valence-corrected chi connectivity index (χ4v) is 18.0. The highest BCUT2D eigenvalue weighted by atomic mass is 32.1. The Bertz CT molecular complexity index is 4240. The summed E-state index contributed by atoms with van der Waals surface area (Å²) in [5, 5.41) is 10.4. The van der Waals surface area contributed by atoms with Crippen molar-refractivity contribution in [1.82, 2.24) is 4.57 Å². The van der Waals surface area contributed by atoms with Crippen molar-refractivity contribution in [2.45, 2.75) is 0 Å². The number of rotatable bonds is 10. The molecule has 0 unspecified atom stereocenters. The molecule has 14 rings (SSSR count). The highest BCUT2D eigenvalue weighted by Gasteiger charge is 2.43. The molecular weight excluding hydrogens is 939 g/mol. The summed E-state index contributed by atoms with van der Waals surface area (Å²) in [6.45, 7) is 0. The Morgan fingerprint density at radius 2 is 0.707 bits per heavy atom. The van der Waals surface area contributed by atoms with Crippen molar-refractivity contribution >= 4 is 82.1 Å². The number of hydrogen-bond acceptors (Lipinski definition) is 1. The van der Waals surface area contributed by atoms with Crippen LogP contribution in [0.4, 0.5) is 0 Å². The maximum absolute atomic E-state index is 3.26. The molecule has 0 fully saturated rings. The lowest BCUT2D eigenvalue weighted by molar-refractivity contribution is 1.18. The van der Waals surface area contributed by atoms with E-state index in [1.165, 1.54) is 107 Å². The van der Waals surface area contributed by atoms with Gasteiger partial charge < -0.3 is 4.57 Å². The van der Waals surface area contributed by atoms with Gasteiger partial charge in [-0.15, -0.1) is 11.3 Å². The third kappa shape index (κ3) is 7.59. The van der Waals surface area contributed by atoms with Gasteiger partial charge in [-0.05, 0) is 95.6 Å². The molecule has 0 saturated heterocycles. The minimum absolute atomic E-state index is 1.16. The van der Waals surface area contributed by atoms with Gasteiger partial charge in [-0.2, -0.15) is 0 Å². The minimum atomic E-state index is -3.26. The molecule has 0 aliphatic rings. The first-order valence-corrected chi connectivity index (χ1v) is 28.6. The Hall–Kier alpha value is -9.12. The molecule has 0 aliphatic heterocycles. The molecular formula is C72H49NSSi. The molecule has 12 aromatic carbocycles. The van der Waals surface area contributed by atoms with Gasteiger partial charge in [0.15, 0.2) is 8.07 Å². The van der Waals surface area contributed by atoms with Crippen LogP contribution < -0.4 is 20.7 Å². The summed E-state index contributed by atoms with van der Waals surface area (Å²) in [5.74, 6) is 0. The van der Waals surface area contributed by atoms with Crippen molar-refractivity contribution in [2.24, 2.45) is 0 Å². The summed E-state index contributed by atoms with van der Waals surface area (Å²) in [7, 11) is -3.26. The Kier molecular flexibility index (Phi) is 11.1. The van der Waals surface area contributed by atoms with Crippen LogP contribution in [0.3, 0.4) is 0 Å². The average molecular weight is 988 g/mol. The molecule has 0 radical (unpaired) electrons. The summed E-state index contributed by atoms with van der Waals surface area (Å²) >= 11 is 1.87. The number of thiophene rings is 1. The van der Waals surface area contributed by atoms with Gasteiger partial charge in [0.1, 0.15) is 0 Å². The van der Waals surface area contributed by atoms with Crippen LogP contribution in [-0.4, -0.2) is 12.6 Å². The standard InChI is InChI=1S/C72H49NSSi/c1-6-23-50(24-7-1)54-31-20-35-58(45-54)75(57-33-14-5-15-34-57,59-36-21-32-55(46-59)51-25-8-2-9-26-51)60-48-64(52-27-10-3-11-28-52)72(65(49-60)53-29-12-4-13-30-53)73-67-40-18-16-37-62(67)66-47-56(43-44-68(66)73)61-39-22-42-70-71(61)63-38-17-19-41-69(63)74-70/h1-49H. The molecule has 352 valence electrons. The van der Waals surface area contributed by atoms with Gasteiger partial charge in [-0.1, -0.05) is 267 Å². The SMILES string of the molecule is c1ccc(-c2cccc([Si](c3ccccc3)(c3cccc(-c4ccccc4)c3)c3cc(-c4ccccc4)c(-n4c5ccccc5c5cc(-c6cccc7sc8ccccc8c67)ccc54)c(-c4ccccc4)c3)c2)cc1. The molecule has 0 amide bonds. The third-order valence-electron chi connectivity index (χ3n) is 15.3. The van der Waals surface area contributed by atoms with E-state index in [1.807, 2.05) is 11.3 Å². The van der Waals surface area contributed by atoms with Gasteiger partial charge in [0.2, 0.25) is 0 Å². The van der Waals surface area contributed by atoms with Gasteiger partial charge in [-0.3, -0.25) is 0 Å². The van der Waals surface area contributed by atoms with Crippen molar-refractivity contribution in [2.75, 3.05) is 0 Å². The van der Waals surface area contributed by atoms with E-state index in [9.17, 15) is 0 Å². The van der Waals surface area contributed by atoms with Crippen molar-refractivity contribution in [1.29, 1.82) is 0 Å². The molecule has 3 heteroatoms. The van der Waals surface area contributed by atoms with Crippen LogP contribution in [0.15, 0.2) is 297 Å². The highest BCUT2D eigenvalue weighted by Crippen LogP contribution is 2.45. The van der Waals surface area contributed by atoms with E-state index in [4.69, 9.17) is 0 Å². The second kappa shape index (κ2) is 18.7. The third-order valence-corrected chi connectivity index (χ3v) is 21.2. The summed E-state index contributed by atoms with van der Waals surface area (Å²) in [4.78, 5) is 0. The van der Waals surface area contributed by atoms with Crippen molar-refractivity contribution in [3.63, 3.8) is 0 Å². The maximum Gasteiger partial charge on any atom is 0.179 e. The van der Waals surface area contributed by atoms with Crippen molar-refractivity contribution in [3.05, 3.63) is 297 Å². The molecule has 14 aromatic rings. The molecule has 0 saturated carbocycles. The smallest absolute Gasteiger partial charge is 0.179 e. The average Bonchev–Trinajstić information content (AvgIpc) is 4.07. The lowest BCUT2D eigenvalue weighted by Crippen LogP contribution is -2.74. The monoisotopic (exact) mass is 987 g/mol. The lowest BCUT2D eigenvalue weighted by Gasteiger charge is -2.36. The molecule has 0 aliphatic carbocycles. The highest BCUT2D eigenvalue weighted by molar-refractivity contribution is 7.26. The fourth-order valence-electron chi connectivity index (χ4n) is 12.0. The van der Waals surface area contributed by atoms with Gasteiger partial charge in [0.05, 0.1) is 16.7 Å². The first kappa shape index (κ1) is 44.6. The first-order chi connectivity index (χ1) is 37.2. The zero-order chi connectivity index (χ0) is 49.7. The van der Waals surface area contributed by atoms with E-state index < -0.39 is 8.07 Å². The largest absolute Gasteiger partial charge is 0.308 e.